The Kier molecular flexibility index (Phi) is 9.60. The van der Waals surface area contributed by atoms with E-state index in [1.165, 1.54) is 32.9 Å². The highest BCUT2D eigenvalue weighted by Gasteiger charge is 2.30. The zero-order chi connectivity index (χ0) is 24.9. The van der Waals surface area contributed by atoms with Crippen molar-refractivity contribution in [2.75, 3.05) is 18.1 Å². The van der Waals surface area contributed by atoms with Crippen LogP contribution in [0.4, 0.5) is 11.4 Å². The van der Waals surface area contributed by atoms with Crippen LogP contribution in [0.1, 0.15) is 52.5 Å². The highest BCUT2D eigenvalue weighted by atomic mass is 32.2. The number of benzene rings is 1. The van der Waals surface area contributed by atoms with Gasteiger partial charge in [-0.25, -0.2) is 26.3 Å². The summed E-state index contributed by atoms with van der Waals surface area (Å²) in [4.78, 5) is 10.8. The van der Waals surface area contributed by atoms with Gasteiger partial charge in [0, 0.05) is 17.6 Å². The minimum Gasteiger partial charge on any atom is -0.391 e. The lowest BCUT2D eigenvalue weighted by molar-refractivity contribution is -0.384. The Morgan fingerprint density at radius 2 is 1.81 bits per heavy atom. The van der Waals surface area contributed by atoms with Crippen LogP contribution in [0.5, 0.6) is 0 Å². The summed E-state index contributed by atoms with van der Waals surface area (Å²) in [5.74, 6) is 0. The first-order valence-electron chi connectivity index (χ1n) is 10.2. The number of aliphatic hydroxyl groups is 1. The van der Waals surface area contributed by atoms with Gasteiger partial charge in [0.15, 0.2) is 0 Å². The fourth-order valence-electron chi connectivity index (χ4n) is 3.27. The summed E-state index contributed by atoms with van der Waals surface area (Å²) >= 11 is 0. The molecule has 0 saturated heterocycles. The second-order valence-electron chi connectivity index (χ2n) is 8.56. The van der Waals surface area contributed by atoms with Gasteiger partial charge in [-0.3, -0.25) is 10.1 Å². The molecule has 0 aliphatic heterocycles. The molecule has 32 heavy (non-hydrogen) atoms. The first-order valence-corrected chi connectivity index (χ1v) is 13.6. The lowest BCUT2D eigenvalue weighted by Gasteiger charge is -2.25. The number of unbranched alkanes of at least 4 members (excludes halogenated alkanes) is 1. The molecule has 11 nitrogen and oxygen atoms in total. The first kappa shape index (κ1) is 28.2. The van der Waals surface area contributed by atoms with Crippen molar-refractivity contribution < 1.29 is 26.9 Å². The summed E-state index contributed by atoms with van der Waals surface area (Å²) in [6.07, 6.45) is 2.48. The molecule has 0 aliphatic carbocycles. The number of nitro benzene ring substituents is 1. The van der Waals surface area contributed by atoms with Gasteiger partial charge in [0.25, 0.3) is 5.69 Å². The fourth-order valence-corrected chi connectivity index (χ4v) is 5.80. The van der Waals surface area contributed by atoms with Crippen molar-refractivity contribution in [1.82, 2.24) is 9.44 Å². The molecular formula is C19H34N4O7S2. The summed E-state index contributed by atoms with van der Waals surface area (Å²) in [5, 5.41) is 24.8. The Labute approximate surface area is 190 Å². The standard InChI is InChI=1S/C19H34N4O7S2/c1-7-8-9-15(14(3)24)21-16-10-11-17(13(2)18(16)23(25)26)32(29,30)20-12-19(4,5)22-31(6,27)28/h10-11,14-15,20-22,24H,7-9,12H2,1-6H3. The molecule has 0 amide bonds. The predicted molar refractivity (Wildman–Crippen MR) is 124 cm³/mol. The quantitative estimate of drug-likeness (QED) is 0.238. The van der Waals surface area contributed by atoms with E-state index in [1.54, 1.807) is 6.92 Å². The molecular weight excluding hydrogens is 460 g/mol. The van der Waals surface area contributed by atoms with Gasteiger partial charge in [-0.15, -0.1) is 0 Å². The van der Waals surface area contributed by atoms with E-state index >= 15 is 0 Å². The molecule has 0 bridgehead atoms. The van der Waals surface area contributed by atoms with Gasteiger partial charge in [-0.1, -0.05) is 19.8 Å². The Morgan fingerprint density at radius 3 is 2.28 bits per heavy atom. The molecule has 0 heterocycles. The number of nitro groups is 1. The van der Waals surface area contributed by atoms with E-state index in [1.807, 2.05) is 6.92 Å². The van der Waals surface area contributed by atoms with Gasteiger partial charge in [0.05, 0.1) is 28.2 Å². The largest absolute Gasteiger partial charge is 0.391 e. The second kappa shape index (κ2) is 10.9. The summed E-state index contributed by atoms with van der Waals surface area (Å²) in [5.41, 5.74) is -1.47. The smallest absolute Gasteiger partial charge is 0.296 e. The lowest BCUT2D eigenvalue weighted by atomic mass is 10.0. The summed E-state index contributed by atoms with van der Waals surface area (Å²) in [7, 11) is -7.75. The van der Waals surface area contributed by atoms with Crippen molar-refractivity contribution in [2.24, 2.45) is 0 Å². The van der Waals surface area contributed by atoms with Crippen molar-refractivity contribution in [1.29, 1.82) is 0 Å². The number of nitrogens with zero attached hydrogens (tertiary/aromatic N) is 1. The van der Waals surface area contributed by atoms with Crippen LogP contribution in [0.25, 0.3) is 0 Å². The maximum Gasteiger partial charge on any atom is 0.296 e. The van der Waals surface area contributed by atoms with Crippen LogP contribution < -0.4 is 14.8 Å². The van der Waals surface area contributed by atoms with Crippen molar-refractivity contribution in [3.05, 3.63) is 27.8 Å². The van der Waals surface area contributed by atoms with Crippen LogP contribution in [-0.4, -0.2) is 57.4 Å². The minimum atomic E-state index is -4.18. The van der Waals surface area contributed by atoms with E-state index < -0.39 is 48.3 Å². The Morgan fingerprint density at radius 1 is 1.22 bits per heavy atom. The molecule has 0 radical (unpaired) electrons. The monoisotopic (exact) mass is 494 g/mol. The van der Waals surface area contributed by atoms with Crippen LogP contribution in [0.15, 0.2) is 17.0 Å². The molecule has 2 unspecified atom stereocenters. The molecule has 2 atom stereocenters. The first-order chi connectivity index (χ1) is 14.5. The van der Waals surface area contributed by atoms with Gasteiger partial charge >= 0.3 is 0 Å². The van der Waals surface area contributed by atoms with Crippen molar-refractivity contribution in [3.63, 3.8) is 0 Å². The predicted octanol–water partition coefficient (Wildman–Crippen LogP) is 1.86. The molecule has 4 N–H and O–H groups in total. The Bertz CT molecular complexity index is 1020. The Hall–Kier alpha value is -1.80. The number of nitrogens with one attached hydrogen (secondary N) is 3. The molecule has 1 aromatic carbocycles. The average molecular weight is 495 g/mol. The highest BCUT2D eigenvalue weighted by molar-refractivity contribution is 7.89. The number of sulfonamides is 2. The summed E-state index contributed by atoms with van der Waals surface area (Å²) in [6, 6.07) is 2.13. The number of hydrogen-bond acceptors (Lipinski definition) is 8. The minimum absolute atomic E-state index is 0.0683. The highest BCUT2D eigenvalue weighted by Crippen LogP contribution is 2.34. The fraction of sp³-hybridized carbons (Fsp3) is 0.684. The second-order valence-corrected chi connectivity index (χ2v) is 12.0. The van der Waals surface area contributed by atoms with E-state index in [2.05, 4.69) is 14.8 Å². The van der Waals surface area contributed by atoms with Crippen molar-refractivity contribution in [3.8, 4) is 0 Å². The zero-order valence-corrected chi connectivity index (χ0v) is 20.9. The molecule has 0 aromatic heterocycles. The molecule has 0 spiro atoms. The van der Waals surface area contributed by atoms with Crippen molar-refractivity contribution >= 4 is 31.4 Å². The van der Waals surface area contributed by atoms with E-state index in [-0.39, 0.29) is 22.7 Å². The van der Waals surface area contributed by atoms with E-state index in [4.69, 9.17) is 0 Å². The van der Waals surface area contributed by atoms with Crippen LogP contribution in [-0.2, 0) is 20.0 Å². The van der Waals surface area contributed by atoms with Crippen LogP contribution >= 0.6 is 0 Å². The topological polar surface area (TPSA) is 168 Å². The molecule has 0 fully saturated rings. The normalized spacial score (nSPS) is 14.7. The third kappa shape index (κ3) is 8.28. The van der Waals surface area contributed by atoms with Gasteiger partial charge in [0.1, 0.15) is 5.69 Å². The molecule has 1 rings (SSSR count). The van der Waals surface area contributed by atoms with Crippen LogP contribution in [0.2, 0.25) is 0 Å². The van der Waals surface area contributed by atoms with Gasteiger partial charge < -0.3 is 10.4 Å². The molecule has 184 valence electrons. The third-order valence-electron chi connectivity index (χ3n) is 4.81. The number of aliphatic hydroxyl groups excluding tert-OH is 1. The molecule has 1 aromatic rings. The maximum atomic E-state index is 12.9. The average Bonchev–Trinajstić information content (AvgIpc) is 2.61. The maximum absolute atomic E-state index is 12.9. The number of rotatable bonds is 13. The van der Waals surface area contributed by atoms with E-state index in [0.29, 0.717) is 6.42 Å². The van der Waals surface area contributed by atoms with Crippen LogP contribution in [0, 0.1) is 17.0 Å². The van der Waals surface area contributed by atoms with Crippen LogP contribution in [0.3, 0.4) is 0 Å². The Balaban J connectivity index is 3.28. The molecule has 0 aliphatic rings. The molecule has 13 heteroatoms. The summed E-state index contributed by atoms with van der Waals surface area (Å²) < 4.78 is 53.3. The van der Waals surface area contributed by atoms with Crippen molar-refractivity contribution in [2.45, 2.75) is 76.5 Å². The van der Waals surface area contributed by atoms with E-state index in [9.17, 15) is 32.1 Å². The SMILES string of the molecule is CCCCC(Nc1ccc(S(=O)(=O)NCC(C)(C)NS(C)(=O)=O)c(C)c1[N+](=O)[O-])C(C)O. The third-order valence-corrected chi connectivity index (χ3v) is 7.28. The zero-order valence-electron chi connectivity index (χ0n) is 19.3. The van der Waals surface area contributed by atoms with Gasteiger partial charge in [-0.2, -0.15) is 0 Å². The number of hydrogen-bond donors (Lipinski definition) is 4. The molecule has 0 saturated carbocycles. The van der Waals surface area contributed by atoms with E-state index in [0.717, 1.165) is 19.1 Å². The lowest BCUT2D eigenvalue weighted by Crippen LogP contribution is -2.50. The van der Waals surface area contributed by atoms with Gasteiger partial charge in [0.2, 0.25) is 20.0 Å². The summed E-state index contributed by atoms with van der Waals surface area (Å²) in [6.45, 7) is 7.65. The number of anilines is 1. The van der Waals surface area contributed by atoms with Gasteiger partial charge in [-0.05, 0) is 46.2 Å².